The molecule has 0 unspecified atom stereocenters. The zero-order valence-electron chi connectivity index (χ0n) is 14.2. The summed E-state index contributed by atoms with van der Waals surface area (Å²) in [4.78, 5) is 2.60. The van der Waals surface area contributed by atoms with Crippen LogP contribution in [0.3, 0.4) is 0 Å². The fourth-order valence-corrected chi connectivity index (χ4v) is 3.23. The van der Waals surface area contributed by atoms with Crippen LogP contribution < -0.4 is 10.6 Å². The summed E-state index contributed by atoms with van der Waals surface area (Å²) in [5.41, 5.74) is 0.802. The third kappa shape index (κ3) is 6.24. The summed E-state index contributed by atoms with van der Waals surface area (Å²) in [7, 11) is 0. The van der Waals surface area contributed by atoms with E-state index in [2.05, 4.69) is 64.0 Å². The number of hydrogen-bond donors (Lipinski definition) is 2. The van der Waals surface area contributed by atoms with Crippen molar-refractivity contribution in [2.45, 2.75) is 66.0 Å². The molecule has 0 aliphatic carbocycles. The molecule has 0 atom stereocenters. The lowest BCUT2D eigenvalue weighted by atomic mass is 9.81. The smallest absolute Gasteiger partial charge is 0.0278 e. The van der Waals surface area contributed by atoms with Gasteiger partial charge < -0.3 is 10.6 Å². The molecule has 114 valence electrons. The lowest BCUT2D eigenvalue weighted by Crippen LogP contribution is -2.59. The molecule has 1 rings (SSSR count). The Morgan fingerprint density at radius 1 is 0.947 bits per heavy atom. The molecule has 2 N–H and O–H groups in total. The van der Waals surface area contributed by atoms with Crippen LogP contribution in [0, 0.1) is 5.41 Å². The van der Waals surface area contributed by atoms with E-state index in [0.717, 1.165) is 32.7 Å². The molecule has 0 aromatic rings. The van der Waals surface area contributed by atoms with Crippen molar-refractivity contribution in [3.8, 4) is 0 Å². The summed E-state index contributed by atoms with van der Waals surface area (Å²) in [6.07, 6.45) is 1.19. The van der Waals surface area contributed by atoms with Crippen molar-refractivity contribution in [1.29, 1.82) is 0 Å². The highest BCUT2D eigenvalue weighted by Crippen LogP contribution is 2.27. The quantitative estimate of drug-likeness (QED) is 0.803. The Bertz CT molecular complexity index is 270. The van der Waals surface area contributed by atoms with Crippen LogP contribution in [0.4, 0.5) is 0 Å². The summed E-state index contributed by atoms with van der Waals surface area (Å²) in [5.74, 6) is 0. The average Bonchev–Trinajstić information content (AvgIpc) is 2.25. The van der Waals surface area contributed by atoms with E-state index in [1.54, 1.807) is 0 Å². The van der Waals surface area contributed by atoms with Gasteiger partial charge in [-0.25, -0.2) is 0 Å². The zero-order valence-corrected chi connectivity index (χ0v) is 14.2. The summed E-state index contributed by atoms with van der Waals surface area (Å²) >= 11 is 0. The third-order valence-corrected chi connectivity index (χ3v) is 3.94. The lowest BCUT2D eigenvalue weighted by Gasteiger charge is -2.44. The first kappa shape index (κ1) is 16.9. The van der Waals surface area contributed by atoms with Crippen molar-refractivity contribution < 1.29 is 0 Å². The van der Waals surface area contributed by atoms with Gasteiger partial charge in [0.1, 0.15) is 0 Å². The Labute approximate surface area is 120 Å². The second kappa shape index (κ2) is 6.11. The van der Waals surface area contributed by atoms with Crippen molar-refractivity contribution in [2.75, 3.05) is 32.7 Å². The van der Waals surface area contributed by atoms with E-state index in [1.807, 2.05) is 0 Å². The molecule has 0 aromatic carbocycles. The minimum Gasteiger partial charge on any atom is -0.314 e. The van der Waals surface area contributed by atoms with Gasteiger partial charge in [-0.1, -0.05) is 20.8 Å². The molecule has 0 aromatic heterocycles. The van der Waals surface area contributed by atoms with Crippen molar-refractivity contribution >= 4 is 0 Å². The van der Waals surface area contributed by atoms with Gasteiger partial charge in [-0.15, -0.1) is 0 Å². The van der Waals surface area contributed by atoms with E-state index in [9.17, 15) is 0 Å². The largest absolute Gasteiger partial charge is 0.314 e. The van der Waals surface area contributed by atoms with Gasteiger partial charge in [-0.2, -0.15) is 0 Å². The molecule has 1 heterocycles. The van der Waals surface area contributed by atoms with Gasteiger partial charge in [0.25, 0.3) is 0 Å². The molecule has 0 spiro atoms. The van der Waals surface area contributed by atoms with Crippen LogP contribution in [-0.2, 0) is 0 Å². The van der Waals surface area contributed by atoms with E-state index in [4.69, 9.17) is 0 Å². The highest BCUT2D eigenvalue weighted by atomic mass is 15.3. The van der Waals surface area contributed by atoms with Crippen LogP contribution in [0.15, 0.2) is 0 Å². The van der Waals surface area contributed by atoms with Gasteiger partial charge in [0.15, 0.2) is 0 Å². The third-order valence-electron chi connectivity index (χ3n) is 3.94. The fraction of sp³-hybridized carbons (Fsp3) is 1.00. The average molecular weight is 269 g/mol. The van der Waals surface area contributed by atoms with Gasteiger partial charge >= 0.3 is 0 Å². The topological polar surface area (TPSA) is 27.3 Å². The normalized spacial score (nSPS) is 19.7. The molecule has 19 heavy (non-hydrogen) atoms. The first-order chi connectivity index (χ1) is 8.52. The van der Waals surface area contributed by atoms with Crippen molar-refractivity contribution in [2.24, 2.45) is 5.41 Å². The number of nitrogens with zero attached hydrogens (tertiary/aromatic N) is 1. The molecule has 0 saturated carbocycles. The summed E-state index contributed by atoms with van der Waals surface area (Å²) in [6, 6.07) is 0. The molecule has 0 radical (unpaired) electrons. The Kier molecular flexibility index (Phi) is 5.44. The molecule has 0 amide bonds. The van der Waals surface area contributed by atoms with Gasteiger partial charge in [0, 0.05) is 43.8 Å². The predicted octanol–water partition coefficient (Wildman–Crippen LogP) is 2.47. The number of nitrogens with one attached hydrogen (secondary N) is 2. The van der Waals surface area contributed by atoms with E-state index in [0.29, 0.717) is 5.41 Å². The molecule has 3 heteroatoms. The molecule has 1 aliphatic rings. The van der Waals surface area contributed by atoms with Crippen LogP contribution in [0.1, 0.15) is 54.9 Å². The van der Waals surface area contributed by atoms with Crippen LogP contribution in [-0.4, -0.2) is 48.7 Å². The maximum Gasteiger partial charge on any atom is 0.0278 e. The highest BCUT2D eigenvalue weighted by Gasteiger charge is 2.31. The van der Waals surface area contributed by atoms with Crippen molar-refractivity contribution in [3.05, 3.63) is 0 Å². The van der Waals surface area contributed by atoms with Crippen molar-refractivity contribution in [1.82, 2.24) is 15.5 Å². The van der Waals surface area contributed by atoms with Gasteiger partial charge in [-0.05, 0) is 39.5 Å². The molecular weight excluding hydrogens is 234 g/mol. The van der Waals surface area contributed by atoms with Gasteiger partial charge in [0.05, 0.1) is 0 Å². The van der Waals surface area contributed by atoms with E-state index < -0.39 is 0 Å². The van der Waals surface area contributed by atoms with Crippen LogP contribution in [0.2, 0.25) is 0 Å². The number of hydrogen-bond acceptors (Lipinski definition) is 3. The first-order valence-electron chi connectivity index (χ1n) is 7.73. The summed E-state index contributed by atoms with van der Waals surface area (Å²) in [6.45, 7) is 21.9. The Morgan fingerprint density at radius 2 is 1.47 bits per heavy atom. The second-order valence-electron chi connectivity index (χ2n) is 8.52. The zero-order chi connectivity index (χ0) is 14.7. The Hall–Kier alpha value is -0.120. The molecular formula is C16H35N3. The molecule has 1 saturated heterocycles. The standard InChI is InChI=1S/C16H35N3/c1-14(2,3)12-15(4,5)18-13-16(6,7)19-10-8-17-9-11-19/h17-18H,8-13H2,1-7H3. The summed E-state index contributed by atoms with van der Waals surface area (Å²) < 4.78 is 0. The number of piperazine rings is 1. The molecule has 1 fully saturated rings. The SMILES string of the molecule is CC(C)(C)CC(C)(C)NCC(C)(C)N1CCNCC1. The first-order valence-corrected chi connectivity index (χ1v) is 7.73. The highest BCUT2D eigenvalue weighted by molar-refractivity contribution is 4.91. The molecule has 3 nitrogen and oxygen atoms in total. The van der Waals surface area contributed by atoms with E-state index in [-0.39, 0.29) is 11.1 Å². The number of rotatable bonds is 5. The van der Waals surface area contributed by atoms with Crippen molar-refractivity contribution in [3.63, 3.8) is 0 Å². The lowest BCUT2D eigenvalue weighted by molar-refractivity contribution is 0.0902. The molecule has 0 bridgehead atoms. The van der Waals surface area contributed by atoms with E-state index in [1.165, 1.54) is 6.42 Å². The van der Waals surface area contributed by atoms with Crippen LogP contribution in [0.25, 0.3) is 0 Å². The second-order valence-corrected chi connectivity index (χ2v) is 8.52. The van der Waals surface area contributed by atoms with Gasteiger partial charge in [-0.3, -0.25) is 4.90 Å². The Balaban J connectivity index is 2.49. The summed E-state index contributed by atoms with van der Waals surface area (Å²) in [5, 5.41) is 7.22. The fourth-order valence-electron chi connectivity index (χ4n) is 3.23. The Morgan fingerprint density at radius 3 is 1.95 bits per heavy atom. The maximum atomic E-state index is 3.79. The minimum absolute atomic E-state index is 0.198. The molecule has 1 aliphatic heterocycles. The maximum absolute atomic E-state index is 3.79. The van der Waals surface area contributed by atoms with Crippen LogP contribution in [0.5, 0.6) is 0 Å². The van der Waals surface area contributed by atoms with Crippen LogP contribution >= 0.6 is 0 Å². The minimum atomic E-state index is 0.198. The monoisotopic (exact) mass is 269 g/mol. The predicted molar refractivity (Wildman–Crippen MR) is 84.7 cm³/mol. The van der Waals surface area contributed by atoms with E-state index >= 15 is 0 Å². The van der Waals surface area contributed by atoms with Gasteiger partial charge in [0.2, 0.25) is 0 Å².